The molecule has 2 aromatic rings. The zero-order valence-electron chi connectivity index (χ0n) is 14.7. The van der Waals surface area contributed by atoms with Gasteiger partial charge in [-0.15, -0.1) is 0 Å². The van der Waals surface area contributed by atoms with Crippen molar-refractivity contribution in [3.63, 3.8) is 0 Å². The molecule has 5 nitrogen and oxygen atoms in total. The first kappa shape index (κ1) is 22.7. The van der Waals surface area contributed by atoms with Gasteiger partial charge in [0.2, 0.25) is 0 Å². The van der Waals surface area contributed by atoms with Crippen molar-refractivity contribution in [2.45, 2.75) is 6.61 Å². The van der Waals surface area contributed by atoms with Crippen LogP contribution in [0.3, 0.4) is 0 Å². The van der Waals surface area contributed by atoms with Gasteiger partial charge in [-0.05, 0) is 67.8 Å². The van der Waals surface area contributed by atoms with E-state index in [1.807, 2.05) is 0 Å². The number of esters is 2. The van der Waals surface area contributed by atoms with Crippen LogP contribution in [0.1, 0.15) is 11.1 Å². The van der Waals surface area contributed by atoms with E-state index in [0.717, 1.165) is 5.56 Å². The molecule has 0 unspecified atom stereocenters. The molecule has 0 aromatic heterocycles. The van der Waals surface area contributed by atoms with Gasteiger partial charge in [0.25, 0.3) is 0 Å². The minimum Gasteiger partial charge on any atom is -0.486 e. The fourth-order valence-electron chi connectivity index (χ4n) is 2.18. The summed E-state index contributed by atoms with van der Waals surface area (Å²) in [5.74, 6) is -1.06. The van der Waals surface area contributed by atoms with Crippen LogP contribution in [-0.2, 0) is 25.7 Å². The zero-order chi connectivity index (χ0) is 20.8. The number of hydrogen-bond donors (Lipinski definition) is 0. The number of rotatable bonds is 6. The molecule has 9 heteroatoms. The summed E-state index contributed by atoms with van der Waals surface area (Å²) in [6.07, 6.45) is 1.37. The highest BCUT2D eigenvalue weighted by molar-refractivity contribution is 9.11. The number of hydrogen-bond acceptors (Lipinski definition) is 5. The van der Waals surface area contributed by atoms with E-state index in [1.54, 1.807) is 30.3 Å². The molecule has 0 spiro atoms. The molecule has 0 fully saturated rings. The Morgan fingerprint density at radius 3 is 2.07 bits per heavy atom. The molecule has 0 radical (unpaired) electrons. The third-order valence-electron chi connectivity index (χ3n) is 3.53. The van der Waals surface area contributed by atoms with Crippen molar-refractivity contribution in [3.8, 4) is 5.75 Å². The second-order valence-electron chi connectivity index (χ2n) is 5.38. The Morgan fingerprint density at radius 2 is 1.57 bits per heavy atom. The topological polar surface area (TPSA) is 61.8 Å². The zero-order valence-corrected chi connectivity index (χ0v) is 19.4. The molecule has 2 rings (SSSR count). The summed E-state index contributed by atoms with van der Waals surface area (Å²) in [5.41, 5.74) is 1.10. The number of halogens is 4. The largest absolute Gasteiger partial charge is 0.486 e. The lowest BCUT2D eigenvalue weighted by atomic mass is 10.1. The quantitative estimate of drug-likeness (QED) is 0.195. The Bertz CT molecular complexity index is 903. The van der Waals surface area contributed by atoms with Crippen molar-refractivity contribution < 1.29 is 23.8 Å². The molecular formula is C19H14Br2Cl2O5. The number of benzene rings is 2. The van der Waals surface area contributed by atoms with Crippen molar-refractivity contribution in [3.05, 3.63) is 66.0 Å². The molecular weight excluding hydrogens is 539 g/mol. The Balaban J connectivity index is 2.30. The van der Waals surface area contributed by atoms with Crippen LogP contribution in [0.4, 0.5) is 0 Å². The van der Waals surface area contributed by atoms with Gasteiger partial charge in [-0.1, -0.05) is 29.3 Å². The second-order valence-corrected chi connectivity index (χ2v) is 7.93. The van der Waals surface area contributed by atoms with Gasteiger partial charge in [0.15, 0.2) is 0 Å². The van der Waals surface area contributed by atoms with Crippen LogP contribution in [-0.4, -0.2) is 26.2 Å². The van der Waals surface area contributed by atoms with E-state index < -0.39 is 11.9 Å². The normalized spacial score (nSPS) is 10.2. The first-order valence-electron chi connectivity index (χ1n) is 7.71. The van der Waals surface area contributed by atoms with Gasteiger partial charge in [0.05, 0.1) is 23.2 Å². The van der Waals surface area contributed by atoms with Crippen LogP contribution in [0.2, 0.25) is 10.0 Å². The summed E-state index contributed by atoms with van der Waals surface area (Å²) in [5, 5.41) is 1.04. The lowest BCUT2D eigenvalue weighted by molar-refractivity contribution is -0.143. The van der Waals surface area contributed by atoms with Crippen LogP contribution < -0.4 is 4.74 Å². The number of methoxy groups -OCH3 is 2. The van der Waals surface area contributed by atoms with Crippen molar-refractivity contribution in [1.82, 2.24) is 0 Å². The first-order chi connectivity index (χ1) is 13.3. The van der Waals surface area contributed by atoms with Gasteiger partial charge >= 0.3 is 11.9 Å². The molecule has 0 amide bonds. The molecule has 0 saturated carbocycles. The summed E-state index contributed by atoms with van der Waals surface area (Å²) in [6, 6.07) is 8.53. The summed E-state index contributed by atoms with van der Waals surface area (Å²) in [4.78, 5) is 23.6. The maximum Gasteiger partial charge on any atom is 0.345 e. The Hall–Kier alpha value is -1.54. The Kier molecular flexibility index (Phi) is 8.37. The molecule has 0 atom stereocenters. The molecule has 28 heavy (non-hydrogen) atoms. The predicted octanol–water partition coefficient (Wildman–Crippen LogP) is 5.83. The Morgan fingerprint density at radius 1 is 1.00 bits per heavy atom. The van der Waals surface area contributed by atoms with E-state index in [2.05, 4.69) is 41.3 Å². The van der Waals surface area contributed by atoms with Crippen LogP contribution in [0.25, 0.3) is 6.08 Å². The molecule has 0 aliphatic carbocycles. The predicted molar refractivity (Wildman–Crippen MR) is 115 cm³/mol. The molecule has 0 heterocycles. The highest BCUT2D eigenvalue weighted by Gasteiger charge is 2.20. The average molecular weight is 553 g/mol. The van der Waals surface area contributed by atoms with E-state index in [0.29, 0.717) is 30.3 Å². The highest BCUT2D eigenvalue weighted by atomic mass is 79.9. The van der Waals surface area contributed by atoms with Crippen LogP contribution in [0.5, 0.6) is 5.75 Å². The molecule has 0 aliphatic rings. The lowest BCUT2D eigenvalue weighted by Gasteiger charge is -2.13. The fraction of sp³-hybridized carbons (Fsp3) is 0.158. The maximum atomic E-state index is 11.8. The molecule has 0 saturated heterocycles. The number of ether oxygens (including phenoxy) is 3. The van der Waals surface area contributed by atoms with E-state index in [4.69, 9.17) is 27.9 Å². The van der Waals surface area contributed by atoms with E-state index in [9.17, 15) is 9.59 Å². The third-order valence-corrected chi connectivity index (χ3v) is 5.29. The minimum absolute atomic E-state index is 0.220. The van der Waals surface area contributed by atoms with Crippen LogP contribution in [0.15, 0.2) is 44.9 Å². The summed E-state index contributed by atoms with van der Waals surface area (Å²) in [6.45, 7) is 0.220. The van der Waals surface area contributed by atoms with Crippen molar-refractivity contribution in [2.75, 3.05) is 14.2 Å². The highest BCUT2D eigenvalue weighted by Crippen LogP contribution is 2.36. The monoisotopic (exact) mass is 550 g/mol. The van der Waals surface area contributed by atoms with Gasteiger partial charge in [-0.3, -0.25) is 0 Å². The summed E-state index contributed by atoms with van der Waals surface area (Å²) < 4.78 is 16.3. The van der Waals surface area contributed by atoms with Crippen molar-refractivity contribution in [2.24, 2.45) is 0 Å². The van der Waals surface area contributed by atoms with Crippen molar-refractivity contribution >= 4 is 73.1 Å². The van der Waals surface area contributed by atoms with Gasteiger partial charge in [0, 0.05) is 15.6 Å². The van der Waals surface area contributed by atoms with Crippen molar-refractivity contribution in [1.29, 1.82) is 0 Å². The fourth-order valence-corrected chi connectivity index (χ4v) is 4.09. The number of carbonyl (C=O) groups is 2. The lowest BCUT2D eigenvalue weighted by Crippen LogP contribution is -2.15. The van der Waals surface area contributed by atoms with E-state index in [-0.39, 0.29) is 12.2 Å². The summed E-state index contributed by atoms with van der Waals surface area (Å²) in [7, 11) is 2.37. The minimum atomic E-state index is -0.795. The van der Waals surface area contributed by atoms with E-state index >= 15 is 0 Å². The van der Waals surface area contributed by atoms with Gasteiger partial charge in [-0.25, -0.2) is 9.59 Å². The van der Waals surface area contributed by atoms with E-state index in [1.165, 1.54) is 20.3 Å². The van der Waals surface area contributed by atoms with Gasteiger partial charge < -0.3 is 14.2 Å². The second kappa shape index (κ2) is 10.3. The van der Waals surface area contributed by atoms with Gasteiger partial charge in [0.1, 0.15) is 17.9 Å². The standard InChI is InChI=1S/C19H14Br2Cl2O5/c1-26-18(24)13(19(25)27-2)5-10-6-14(20)17(15(21)7-10)28-9-11-3-4-12(22)8-16(11)23/h3-8H,9H2,1-2H3. The third kappa shape index (κ3) is 5.73. The van der Waals surface area contributed by atoms with Gasteiger partial charge in [-0.2, -0.15) is 0 Å². The average Bonchev–Trinajstić information content (AvgIpc) is 2.65. The number of carbonyl (C=O) groups excluding carboxylic acids is 2. The molecule has 0 aliphatic heterocycles. The molecule has 0 bridgehead atoms. The molecule has 148 valence electrons. The van der Waals surface area contributed by atoms with Crippen LogP contribution >= 0.6 is 55.1 Å². The SMILES string of the molecule is COC(=O)C(=Cc1cc(Br)c(OCc2ccc(Cl)cc2Cl)c(Br)c1)C(=O)OC. The Labute approximate surface area is 188 Å². The maximum absolute atomic E-state index is 11.8. The first-order valence-corrected chi connectivity index (χ1v) is 10.0. The molecule has 2 aromatic carbocycles. The van der Waals surface area contributed by atoms with Crippen LogP contribution in [0, 0.1) is 0 Å². The molecule has 0 N–H and O–H groups in total. The smallest absolute Gasteiger partial charge is 0.345 e. The summed E-state index contributed by atoms with van der Waals surface area (Å²) >= 11 is 18.9.